The van der Waals surface area contributed by atoms with Gasteiger partial charge < -0.3 is 14.8 Å². The first-order valence-corrected chi connectivity index (χ1v) is 5.33. The predicted molar refractivity (Wildman–Crippen MR) is 59.1 cm³/mol. The fourth-order valence-electron chi connectivity index (χ4n) is 1.62. The van der Waals surface area contributed by atoms with Crippen molar-refractivity contribution in [2.24, 2.45) is 0 Å². The Kier molecular flexibility index (Phi) is 3.59. The molecule has 0 bridgehead atoms. The number of nitrogens with one attached hydrogen (secondary N) is 1. The molecule has 1 aliphatic heterocycles. The van der Waals surface area contributed by atoms with Crippen LogP contribution in [0.1, 0.15) is 12.0 Å². The molecule has 1 unspecified atom stereocenters. The zero-order valence-electron chi connectivity index (χ0n) is 9.03. The molecular formula is C12H17NO2. The fraction of sp³-hybridized carbons (Fsp3) is 0.500. The number of rotatable bonds is 5. The second-order valence-corrected chi connectivity index (χ2v) is 3.77. The summed E-state index contributed by atoms with van der Waals surface area (Å²) in [5.41, 5.74) is 1.11. The molecule has 0 amide bonds. The van der Waals surface area contributed by atoms with Crippen molar-refractivity contribution >= 4 is 0 Å². The van der Waals surface area contributed by atoms with Gasteiger partial charge in [0.25, 0.3) is 0 Å². The van der Waals surface area contributed by atoms with Crippen molar-refractivity contribution in [2.45, 2.75) is 19.1 Å². The minimum atomic E-state index is 0.555. The average Bonchev–Trinajstić information content (AvgIpc) is 2.22. The summed E-state index contributed by atoms with van der Waals surface area (Å²) >= 11 is 0. The SMILES string of the molecule is COc1ccccc1COCC1CCN1. The number of para-hydroxylation sites is 1. The van der Waals surface area contributed by atoms with Crippen LogP contribution in [0.3, 0.4) is 0 Å². The summed E-state index contributed by atoms with van der Waals surface area (Å²) in [6.07, 6.45) is 1.23. The lowest BCUT2D eigenvalue weighted by atomic mass is 10.1. The van der Waals surface area contributed by atoms with E-state index in [1.54, 1.807) is 7.11 Å². The maximum absolute atomic E-state index is 5.62. The van der Waals surface area contributed by atoms with Gasteiger partial charge >= 0.3 is 0 Å². The first kappa shape index (κ1) is 10.5. The lowest BCUT2D eigenvalue weighted by Gasteiger charge is -2.27. The van der Waals surface area contributed by atoms with Crippen molar-refractivity contribution in [3.63, 3.8) is 0 Å². The summed E-state index contributed by atoms with van der Waals surface area (Å²) in [4.78, 5) is 0. The molecule has 1 heterocycles. The maximum atomic E-state index is 5.62. The summed E-state index contributed by atoms with van der Waals surface area (Å²) in [5.74, 6) is 0.902. The number of methoxy groups -OCH3 is 1. The molecule has 0 aromatic heterocycles. The lowest BCUT2D eigenvalue weighted by Crippen LogP contribution is -2.45. The van der Waals surface area contributed by atoms with Crippen LogP contribution in [0.5, 0.6) is 5.75 Å². The second kappa shape index (κ2) is 5.14. The minimum Gasteiger partial charge on any atom is -0.496 e. The molecule has 1 aromatic rings. The molecule has 3 nitrogen and oxygen atoms in total. The van der Waals surface area contributed by atoms with Gasteiger partial charge in [0.15, 0.2) is 0 Å². The highest BCUT2D eigenvalue weighted by Gasteiger charge is 2.15. The first-order valence-electron chi connectivity index (χ1n) is 5.33. The smallest absolute Gasteiger partial charge is 0.124 e. The number of hydrogen-bond acceptors (Lipinski definition) is 3. The third kappa shape index (κ3) is 2.70. The Morgan fingerprint density at radius 2 is 2.20 bits per heavy atom. The fourth-order valence-corrected chi connectivity index (χ4v) is 1.62. The average molecular weight is 207 g/mol. The van der Waals surface area contributed by atoms with Gasteiger partial charge in [-0.2, -0.15) is 0 Å². The maximum Gasteiger partial charge on any atom is 0.124 e. The molecule has 1 fully saturated rings. The summed E-state index contributed by atoms with van der Waals surface area (Å²) in [5, 5.41) is 3.30. The topological polar surface area (TPSA) is 30.5 Å². The van der Waals surface area contributed by atoms with Gasteiger partial charge in [0.05, 0.1) is 20.3 Å². The van der Waals surface area contributed by atoms with Crippen LogP contribution in [0.25, 0.3) is 0 Å². The first-order chi connectivity index (χ1) is 7.40. The van der Waals surface area contributed by atoms with Crippen molar-refractivity contribution in [1.29, 1.82) is 0 Å². The van der Waals surface area contributed by atoms with Gasteiger partial charge in [-0.05, 0) is 19.0 Å². The lowest BCUT2D eigenvalue weighted by molar-refractivity contribution is 0.0795. The van der Waals surface area contributed by atoms with Gasteiger partial charge in [0.2, 0.25) is 0 Å². The van der Waals surface area contributed by atoms with Crippen molar-refractivity contribution in [3.8, 4) is 5.75 Å². The summed E-state index contributed by atoms with van der Waals surface area (Å²) in [6, 6.07) is 8.52. The molecule has 0 spiro atoms. The van der Waals surface area contributed by atoms with E-state index in [0.29, 0.717) is 12.6 Å². The molecule has 0 saturated carbocycles. The number of hydrogen-bond donors (Lipinski definition) is 1. The number of benzene rings is 1. The highest BCUT2D eigenvalue weighted by Crippen LogP contribution is 2.18. The van der Waals surface area contributed by atoms with Crippen LogP contribution in [0, 0.1) is 0 Å². The Labute approximate surface area is 90.4 Å². The van der Waals surface area contributed by atoms with E-state index in [0.717, 1.165) is 24.5 Å². The molecule has 1 atom stereocenters. The van der Waals surface area contributed by atoms with Gasteiger partial charge in [-0.25, -0.2) is 0 Å². The monoisotopic (exact) mass is 207 g/mol. The summed E-state index contributed by atoms with van der Waals surface area (Å²) in [6.45, 7) is 2.54. The molecule has 15 heavy (non-hydrogen) atoms. The zero-order valence-corrected chi connectivity index (χ0v) is 9.03. The quantitative estimate of drug-likeness (QED) is 0.795. The highest BCUT2D eigenvalue weighted by molar-refractivity contribution is 5.32. The standard InChI is InChI=1S/C12H17NO2/c1-14-12-5-3-2-4-10(12)8-15-9-11-6-7-13-11/h2-5,11,13H,6-9H2,1H3. The Morgan fingerprint density at radius 1 is 1.40 bits per heavy atom. The molecule has 2 rings (SSSR count). The normalized spacial score (nSPS) is 19.7. The molecule has 1 aromatic carbocycles. The minimum absolute atomic E-state index is 0.555. The molecule has 3 heteroatoms. The van der Waals surface area contributed by atoms with E-state index < -0.39 is 0 Å². The Morgan fingerprint density at radius 3 is 2.87 bits per heavy atom. The van der Waals surface area contributed by atoms with Gasteiger partial charge in [-0.15, -0.1) is 0 Å². The van der Waals surface area contributed by atoms with E-state index in [2.05, 4.69) is 5.32 Å². The molecule has 0 aliphatic carbocycles. The summed E-state index contributed by atoms with van der Waals surface area (Å²) < 4.78 is 10.9. The van der Waals surface area contributed by atoms with Gasteiger partial charge in [-0.3, -0.25) is 0 Å². The molecule has 1 saturated heterocycles. The Hall–Kier alpha value is -1.06. The molecule has 0 radical (unpaired) electrons. The Balaban J connectivity index is 1.81. The number of ether oxygens (including phenoxy) is 2. The van der Waals surface area contributed by atoms with E-state index >= 15 is 0 Å². The third-order valence-electron chi connectivity index (χ3n) is 2.69. The molecule has 1 N–H and O–H groups in total. The van der Waals surface area contributed by atoms with Gasteiger partial charge in [0, 0.05) is 11.6 Å². The summed E-state index contributed by atoms with van der Waals surface area (Å²) in [7, 11) is 1.69. The van der Waals surface area contributed by atoms with Gasteiger partial charge in [-0.1, -0.05) is 18.2 Å². The van der Waals surface area contributed by atoms with Crippen molar-refractivity contribution in [2.75, 3.05) is 20.3 Å². The van der Waals surface area contributed by atoms with Crippen LogP contribution < -0.4 is 10.1 Å². The van der Waals surface area contributed by atoms with Crippen molar-refractivity contribution < 1.29 is 9.47 Å². The van der Waals surface area contributed by atoms with E-state index in [1.807, 2.05) is 24.3 Å². The third-order valence-corrected chi connectivity index (χ3v) is 2.69. The van der Waals surface area contributed by atoms with Crippen LogP contribution in [0.4, 0.5) is 0 Å². The second-order valence-electron chi connectivity index (χ2n) is 3.77. The van der Waals surface area contributed by atoms with Crippen LogP contribution in [-0.2, 0) is 11.3 Å². The Bertz CT molecular complexity index is 310. The molecule has 1 aliphatic rings. The van der Waals surface area contributed by atoms with E-state index in [4.69, 9.17) is 9.47 Å². The van der Waals surface area contributed by atoms with E-state index in [-0.39, 0.29) is 0 Å². The van der Waals surface area contributed by atoms with Crippen LogP contribution in [0.15, 0.2) is 24.3 Å². The van der Waals surface area contributed by atoms with Crippen molar-refractivity contribution in [1.82, 2.24) is 5.32 Å². The van der Waals surface area contributed by atoms with E-state index in [1.165, 1.54) is 6.42 Å². The van der Waals surface area contributed by atoms with Crippen molar-refractivity contribution in [3.05, 3.63) is 29.8 Å². The highest BCUT2D eigenvalue weighted by atomic mass is 16.5. The van der Waals surface area contributed by atoms with Gasteiger partial charge in [0.1, 0.15) is 5.75 Å². The van der Waals surface area contributed by atoms with Crippen LogP contribution >= 0.6 is 0 Å². The largest absolute Gasteiger partial charge is 0.496 e. The zero-order chi connectivity index (χ0) is 10.5. The van der Waals surface area contributed by atoms with Crippen LogP contribution in [0.2, 0.25) is 0 Å². The predicted octanol–water partition coefficient (Wildman–Crippen LogP) is 1.57. The molecular weight excluding hydrogens is 190 g/mol. The van der Waals surface area contributed by atoms with E-state index in [9.17, 15) is 0 Å². The van der Waals surface area contributed by atoms with Crippen LogP contribution in [-0.4, -0.2) is 26.3 Å². The molecule has 82 valence electrons.